The molecule has 2 aromatic carbocycles. The highest BCUT2D eigenvalue weighted by Crippen LogP contribution is 2.34. The summed E-state index contributed by atoms with van der Waals surface area (Å²) in [5, 5.41) is 2.72. The number of benzene rings is 2. The van der Waals surface area contributed by atoms with Crippen molar-refractivity contribution in [2.75, 3.05) is 39.2 Å². The van der Waals surface area contributed by atoms with Crippen LogP contribution in [0.1, 0.15) is 29.6 Å². The average molecular weight is 416 g/mol. The Hall–Kier alpha value is -3.29. The maximum absolute atomic E-state index is 13.1. The third-order valence-corrected chi connectivity index (χ3v) is 4.86. The van der Waals surface area contributed by atoms with E-state index in [4.69, 9.17) is 14.2 Å². The van der Waals surface area contributed by atoms with Gasteiger partial charge in [-0.05, 0) is 49.6 Å². The number of ether oxygens (including phenoxy) is 3. The molecule has 0 aromatic heterocycles. The summed E-state index contributed by atoms with van der Waals surface area (Å²) in [4.78, 5) is 27.3. The van der Waals surface area contributed by atoms with Crippen molar-refractivity contribution in [1.82, 2.24) is 4.90 Å². The van der Waals surface area contributed by atoms with Gasteiger partial charge in [-0.3, -0.25) is 9.59 Å². The maximum Gasteiger partial charge on any atom is 0.262 e. The molecule has 0 radical (unpaired) electrons. The van der Waals surface area contributed by atoms with Crippen molar-refractivity contribution in [1.29, 1.82) is 0 Å². The lowest BCUT2D eigenvalue weighted by Gasteiger charge is -2.28. The molecular formula is C22H25FN2O5. The van der Waals surface area contributed by atoms with Gasteiger partial charge in [-0.15, -0.1) is 0 Å². The van der Waals surface area contributed by atoms with Crippen LogP contribution in [0.25, 0.3) is 0 Å². The number of anilines is 1. The molecule has 0 aliphatic carbocycles. The number of carbonyl (C=O) groups is 2. The van der Waals surface area contributed by atoms with Crippen LogP contribution in [0.2, 0.25) is 0 Å². The molecule has 2 amide bonds. The van der Waals surface area contributed by atoms with E-state index in [1.54, 1.807) is 17.0 Å². The van der Waals surface area contributed by atoms with Crippen LogP contribution in [0.4, 0.5) is 10.1 Å². The average Bonchev–Trinajstić information content (AvgIpc) is 2.78. The normalized spacial score (nSPS) is 13.5. The Morgan fingerprint density at radius 2 is 1.63 bits per heavy atom. The van der Waals surface area contributed by atoms with E-state index in [1.165, 1.54) is 38.5 Å². The van der Waals surface area contributed by atoms with E-state index in [9.17, 15) is 14.0 Å². The van der Waals surface area contributed by atoms with Crippen molar-refractivity contribution in [3.63, 3.8) is 0 Å². The van der Waals surface area contributed by atoms with Gasteiger partial charge < -0.3 is 24.4 Å². The highest BCUT2D eigenvalue weighted by Gasteiger charge is 2.24. The predicted molar refractivity (Wildman–Crippen MR) is 110 cm³/mol. The number of piperidine rings is 1. The van der Waals surface area contributed by atoms with Crippen molar-refractivity contribution >= 4 is 17.5 Å². The van der Waals surface area contributed by atoms with Crippen LogP contribution in [0, 0.1) is 5.82 Å². The Labute approximate surface area is 174 Å². The summed E-state index contributed by atoms with van der Waals surface area (Å²) in [7, 11) is 2.97. The summed E-state index contributed by atoms with van der Waals surface area (Å²) in [5.41, 5.74) is 0.639. The number of methoxy groups -OCH3 is 2. The first-order valence-electron chi connectivity index (χ1n) is 9.75. The fraction of sp³-hybridized carbons (Fsp3) is 0.364. The zero-order valence-electron chi connectivity index (χ0n) is 17.1. The lowest BCUT2D eigenvalue weighted by Crippen LogP contribution is -2.36. The second-order valence-corrected chi connectivity index (χ2v) is 6.90. The molecule has 0 bridgehead atoms. The van der Waals surface area contributed by atoms with E-state index in [0.717, 1.165) is 19.3 Å². The molecule has 1 fully saturated rings. The number of hydrogen-bond acceptors (Lipinski definition) is 5. The molecule has 8 heteroatoms. The van der Waals surface area contributed by atoms with Crippen LogP contribution in [0.3, 0.4) is 0 Å². The predicted octanol–water partition coefficient (Wildman–Crippen LogP) is 3.49. The van der Waals surface area contributed by atoms with Crippen LogP contribution in [-0.4, -0.2) is 50.6 Å². The SMILES string of the molecule is COc1cc(NC(=O)COc2ccc(F)cc2)c(C(=O)N2CCCCC2)cc1OC. The zero-order valence-corrected chi connectivity index (χ0v) is 17.1. The number of rotatable bonds is 7. The third-order valence-electron chi connectivity index (χ3n) is 4.86. The Balaban J connectivity index is 1.79. The van der Waals surface area contributed by atoms with Gasteiger partial charge in [0.1, 0.15) is 11.6 Å². The van der Waals surface area contributed by atoms with Crippen LogP contribution in [0.5, 0.6) is 17.2 Å². The minimum atomic E-state index is -0.459. The first kappa shape index (κ1) is 21.4. The van der Waals surface area contributed by atoms with E-state index >= 15 is 0 Å². The van der Waals surface area contributed by atoms with E-state index in [1.807, 2.05) is 0 Å². The quantitative estimate of drug-likeness (QED) is 0.748. The zero-order chi connectivity index (χ0) is 21.5. The van der Waals surface area contributed by atoms with Gasteiger partial charge in [0.2, 0.25) is 0 Å². The molecule has 1 N–H and O–H groups in total. The highest BCUT2D eigenvalue weighted by molar-refractivity contribution is 6.05. The van der Waals surface area contributed by atoms with Crippen molar-refractivity contribution in [2.45, 2.75) is 19.3 Å². The van der Waals surface area contributed by atoms with E-state index < -0.39 is 11.7 Å². The Kier molecular flexibility index (Phi) is 7.11. The molecule has 1 aliphatic rings. The lowest BCUT2D eigenvalue weighted by molar-refractivity contribution is -0.118. The Bertz CT molecular complexity index is 895. The molecule has 0 atom stereocenters. The molecule has 2 aromatic rings. The van der Waals surface area contributed by atoms with Crippen molar-refractivity contribution in [2.24, 2.45) is 0 Å². The highest BCUT2D eigenvalue weighted by atomic mass is 19.1. The fourth-order valence-corrected chi connectivity index (χ4v) is 3.29. The number of nitrogens with one attached hydrogen (secondary N) is 1. The van der Waals surface area contributed by atoms with Crippen molar-refractivity contribution in [3.8, 4) is 17.2 Å². The number of likely N-dealkylation sites (tertiary alicyclic amines) is 1. The Morgan fingerprint density at radius 3 is 2.27 bits per heavy atom. The Morgan fingerprint density at radius 1 is 1.00 bits per heavy atom. The smallest absolute Gasteiger partial charge is 0.262 e. The second-order valence-electron chi connectivity index (χ2n) is 6.90. The minimum Gasteiger partial charge on any atom is -0.493 e. The largest absolute Gasteiger partial charge is 0.493 e. The second kappa shape index (κ2) is 9.96. The van der Waals surface area contributed by atoms with Gasteiger partial charge in [0.15, 0.2) is 18.1 Å². The summed E-state index contributed by atoms with van der Waals surface area (Å²) in [6.07, 6.45) is 3.00. The standard InChI is InChI=1S/C22H25FN2O5/c1-28-19-12-17(22(27)25-10-4-3-5-11-25)18(13-20(19)29-2)24-21(26)14-30-16-8-6-15(23)7-9-16/h6-9,12-13H,3-5,10-11,14H2,1-2H3,(H,24,26). The monoisotopic (exact) mass is 416 g/mol. The molecule has 7 nitrogen and oxygen atoms in total. The summed E-state index contributed by atoms with van der Waals surface area (Å²) in [6, 6.07) is 8.50. The summed E-state index contributed by atoms with van der Waals surface area (Å²) in [5.74, 6) is 0.131. The van der Waals surface area contributed by atoms with Gasteiger partial charge in [0.05, 0.1) is 25.5 Å². The van der Waals surface area contributed by atoms with Gasteiger partial charge in [-0.2, -0.15) is 0 Å². The molecular weight excluding hydrogens is 391 g/mol. The van der Waals surface area contributed by atoms with E-state index in [2.05, 4.69) is 5.32 Å². The van der Waals surface area contributed by atoms with Crippen LogP contribution in [-0.2, 0) is 4.79 Å². The van der Waals surface area contributed by atoms with Gasteiger partial charge >= 0.3 is 0 Å². The molecule has 0 saturated carbocycles. The molecule has 0 unspecified atom stereocenters. The van der Waals surface area contributed by atoms with Gasteiger partial charge in [-0.25, -0.2) is 4.39 Å². The third kappa shape index (κ3) is 5.20. The minimum absolute atomic E-state index is 0.176. The van der Waals surface area contributed by atoms with Crippen LogP contribution in [0.15, 0.2) is 36.4 Å². The summed E-state index contributed by atoms with van der Waals surface area (Å²) >= 11 is 0. The van der Waals surface area contributed by atoms with Crippen LogP contribution >= 0.6 is 0 Å². The molecule has 1 aliphatic heterocycles. The molecule has 1 saturated heterocycles. The summed E-state index contributed by atoms with van der Waals surface area (Å²) in [6.45, 7) is 1.06. The van der Waals surface area contributed by atoms with Crippen LogP contribution < -0.4 is 19.5 Å². The van der Waals surface area contributed by atoms with Crippen molar-refractivity contribution < 1.29 is 28.2 Å². The summed E-state index contributed by atoms with van der Waals surface area (Å²) < 4.78 is 29.0. The fourth-order valence-electron chi connectivity index (χ4n) is 3.29. The topological polar surface area (TPSA) is 77.1 Å². The number of halogens is 1. The lowest BCUT2D eigenvalue weighted by atomic mass is 10.1. The number of nitrogens with zero attached hydrogens (tertiary/aromatic N) is 1. The first-order valence-corrected chi connectivity index (χ1v) is 9.75. The number of carbonyl (C=O) groups excluding carboxylic acids is 2. The van der Waals surface area contributed by atoms with E-state index in [-0.39, 0.29) is 12.5 Å². The van der Waals surface area contributed by atoms with Gasteiger partial charge in [-0.1, -0.05) is 0 Å². The molecule has 3 rings (SSSR count). The first-order chi connectivity index (χ1) is 14.5. The van der Waals surface area contributed by atoms with Gasteiger partial charge in [0.25, 0.3) is 11.8 Å². The molecule has 1 heterocycles. The molecule has 30 heavy (non-hydrogen) atoms. The van der Waals surface area contributed by atoms with Crippen molar-refractivity contribution in [3.05, 3.63) is 47.8 Å². The van der Waals surface area contributed by atoms with Gasteiger partial charge in [0, 0.05) is 19.2 Å². The molecule has 160 valence electrons. The maximum atomic E-state index is 13.1. The number of hydrogen-bond donors (Lipinski definition) is 1. The number of amides is 2. The molecule has 0 spiro atoms. The van der Waals surface area contributed by atoms with E-state index in [0.29, 0.717) is 41.6 Å².